The number of nitrogens with zero attached hydrogens (tertiary/aromatic N) is 1. The average Bonchev–Trinajstić information content (AvgIpc) is 2.72. The lowest BCUT2D eigenvalue weighted by molar-refractivity contribution is -0.384. The zero-order valence-corrected chi connectivity index (χ0v) is 11.5. The van der Waals surface area contributed by atoms with E-state index in [1.807, 2.05) is 6.92 Å². The fourth-order valence-electron chi connectivity index (χ4n) is 2.77. The molecular formula is C14H18N2O4. The van der Waals surface area contributed by atoms with E-state index in [1.165, 1.54) is 6.07 Å². The summed E-state index contributed by atoms with van der Waals surface area (Å²) < 4.78 is 0. The number of anilines is 1. The van der Waals surface area contributed by atoms with Crippen LogP contribution in [0.4, 0.5) is 11.4 Å². The number of carbonyl (C=O) groups is 1. The third-order valence-corrected chi connectivity index (χ3v) is 4.13. The third kappa shape index (κ3) is 2.45. The molecule has 0 bridgehead atoms. The van der Waals surface area contributed by atoms with Crippen molar-refractivity contribution in [3.05, 3.63) is 33.9 Å². The van der Waals surface area contributed by atoms with Crippen LogP contribution in [0.3, 0.4) is 0 Å². The monoisotopic (exact) mass is 278 g/mol. The number of nitro benzene ring substituents is 1. The maximum Gasteiger partial charge on any atom is 0.311 e. The van der Waals surface area contributed by atoms with Crippen molar-refractivity contribution in [3.8, 4) is 0 Å². The Morgan fingerprint density at radius 2 is 2.25 bits per heavy atom. The Kier molecular flexibility index (Phi) is 3.65. The zero-order chi connectivity index (χ0) is 14.9. The summed E-state index contributed by atoms with van der Waals surface area (Å²) in [4.78, 5) is 22.0. The summed E-state index contributed by atoms with van der Waals surface area (Å²) in [6.07, 6.45) is 2.09. The van der Waals surface area contributed by atoms with Crippen molar-refractivity contribution in [2.75, 3.05) is 5.32 Å². The van der Waals surface area contributed by atoms with Gasteiger partial charge in [-0.2, -0.15) is 0 Å². The number of aliphatic carboxylic acids is 1. The van der Waals surface area contributed by atoms with Gasteiger partial charge in [0.1, 0.15) is 5.69 Å². The lowest BCUT2D eigenvalue weighted by Gasteiger charge is -2.28. The topological polar surface area (TPSA) is 92.5 Å². The van der Waals surface area contributed by atoms with Gasteiger partial charge in [-0.1, -0.05) is 12.5 Å². The van der Waals surface area contributed by atoms with Gasteiger partial charge in [0.2, 0.25) is 0 Å². The molecule has 20 heavy (non-hydrogen) atoms. The lowest BCUT2D eigenvalue weighted by Crippen LogP contribution is -2.40. The molecule has 0 spiro atoms. The highest BCUT2D eigenvalue weighted by molar-refractivity contribution is 5.77. The molecule has 108 valence electrons. The van der Waals surface area contributed by atoms with Gasteiger partial charge in [-0.15, -0.1) is 0 Å². The number of hydrogen-bond acceptors (Lipinski definition) is 4. The van der Waals surface area contributed by atoms with E-state index < -0.39 is 16.3 Å². The number of carboxylic acids is 1. The van der Waals surface area contributed by atoms with Crippen LogP contribution >= 0.6 is 0 Å². The van der Waals surface area contributed by atoms with Crippen LogP contribution in [0.1, 0.15) is 31.7 Å². The quantitative estimate of drug-likeness (QED) is 0.652. The number of nitro groups is 1. The molecule has 0 aliphatic heterocycles. The summed E-state index contributed by atoms with van der Waals surface area (Å²) in [5, 5.41) is 23.5. The second-order valence-electron chi connectivity index (χ2n) is 5.59. The number of rotatable bonds is 4. The van der Waals surface area contributed by atoms with Gasteiger partial charge in [0.25, 0.3) is 5.69 Å². The Hall–Kier alpha value is -2.11. The maximum atomic E-state index is 11.4. The predicted octanol–water partition coefficient (Wildman–Crippen LogP) is 2.96. The van der Waals surface area contributed by atoms with E-state index in [9.17, 15) is 20.0 Å². The van der Waals surface area contributed by atoms with Crippen LogP contribution < -0.4 is 5.32 Å². The molecule has 2 N–H and O–H groups in total. The van der Waals surface area contributed by atoms with Gasteiger partial charge in [0.15, 0.2) is 0 Å². The molecule has 0 saturated heterocycles. The zero-order valence-electron chi connectivity index (χ0n) is 11.5. The van der Waals surface area contributed by atoms with Crippen molar-refractivity contribution in [1.82, 2.24) is 0 Å². The highest BCUT2D eigenvalue weighted by Crippen LogP contribution is 2.41. The summed E-state index contributed by atoms with van der Waals surface area (Å²) in [5.41, 5.74) is 0.398. The number of aryl methyl sites for hydroxylation is 1. The first-order valence-electron chi connectivity index (χ1n) is 6.59. The van der Waals surface area contributed by atoms with Crippen molar-refractivity contribution in [1.29, 1.82) is 0 Å². The van der Waals surface area contributed by atoms with Crippen molar-refractivity contribution >= 4 is 17.3 Å². The van der Waals surface area contributed by atoms with Crippen molar-refractivity contribution in [3.63, 3.8) is 0 Å². The molecule has 1 aromatic carbocycles. The van der Waals surface area contributed by atoms with Gasteiger partial charge in [-0.25, -0.2) is 0 Å². The Bertz CT molecular complexity index is 558. The highest BCUT2D eigenvalue weighted by atomic mass is 16.6. The fourth-order valence-corrected chi connectivity index (χ4v) is 2.77. The largest absolute Gasteiger partial charge is 0.481 e. The molecule has 6 nitrogen and oxygen atoms in total. The first-order valence-corrected chi connectivity index (χ1v) is 6.59. The fraction of sp³-hybridized carbons (Fsp3) is 0.500. The van der Waals surface area contributed by atoms with Gasteiger partial charge in [0, 0.05) is 12.1 Å². The van der Waals surface area contributed by atoms with Crippen LogP contribution in [-0.4, -0.2) is 22.0 Å². The van der Waals surface area contributed by atoms with Crippen molar-refractivity contribution in [2.45, 2.75) is 39.2 Å². The summed E-state index contributed by atoms with van der Waals surface area (Å²) in [6, 6.07) is 4.53. The molecule has 1 saturated carbocycles. The Morgan fingerprint density at radius 3 is 2.85 bits per heavy atom. The summed E-state index contributed by atoms with van der Waals surface area (Å²) in [5.74, 6) is -0.859. The molecule has 1 aliphatic carbocycles. The molecule has 0 amide bonds. The minimum atomic E-state index is -0.877. The molecule has 1 fully saturated rings. The van der Waals surface area contributed by atoms with Crippen LogP contribution in [0.25, 0.3) is 0 Å². The molecule has 1 aromatic rings. The van der Waals surface area contributed by atoms with Gasteiger partial charge < -0.3 is 10.4 Å². The summed E-state index contributed by atoms with van der Waals surface area (Å²) in [7, 11) is 0. The van der Waals surface area contributed by atoms with E-state index in [0.717, 1.165) is 12.0 Å². The first-order chi connectivity index (χ1) is 9.34. The highest BCUT2D eigenvalue weighted by Gasteiger charge is 2.45. The third-order valence-electron chi connectivity index (χ3n) is 4.13. The van der Waals surface area contributed by atoms with Crippen LogP contribution in [0.15, 0.2) is 18.2 Å². The second kappa shape index (κ2) is 5.11. The first kappa shape index (κ1) is 14.3. The average molecular weight is 278 g/mol. The normalized spacial score (nSPS) is 25.4. The SMILES string of the molecule is Cc1ccc([N+](=O)[O-])c(NC2CCCC2(C)C(=O)O)c1. The molecular weight excluding hydrogens is 260 g/mol. The molecule has 0 heterocycles. The minimum Gasteiger partial charge on any atom is -0.481 e. The minimum absolute atomic E-state index is 0.0183. The number of hydrogen-bond donors (Lipinski definition) is 2. The Balaban J connectivity index is 2.32. The number of nitrogens with one attached hydrogen (secondary N) is 1. The van der Waals surface area contributed by atoms with Gasteiger partial charge >= 0.3 is 5.97 Å². The maximum absolute atomic E-state index is 11.4. The second-order valence-corrected chi connectivity index (χ2v) is 5.59. The van der Waals surface area contributed by atoms with Crippen LogP contribution in [0, 0.1) is 22.5 Å². The van der Waals surface area contributed by atoms with E-state index in [1.54, 1.807) is 19.1 Å². The van der Waals surface area contributed by atoms with Gasteiger partial charge in [-0.3, -0.25) is 14.9 Å². The predicted molar refractivity (Wildman–Crippen MR) is 74.8 cm³/mol. The molecule has 6 heteroatoms. The van der Waals surface area contributed by atoms with E-state index in [4.69, 9.17) is 0 Å². The summed E-state index contributed by atoms with van der Waals surface area (Å²) >= 11 is 0. The molecule has 0 radical (unpaired) electrons. The number of benzene rings is 1. The Labute approximate surface area is 117 Å². The van der Waals surface area contributed by atoms with Crippen LogP contribution in [0.5, 0.6) is 0 Å². The van der Waals surface area contributed by atoms with E-state index in [-0.39, 0.29) is 11.7 Å². The Morgan fingerprint density at radius 1 is 1.55 bits per heavy atom. The van der Waals surface area contributed by atoms with E-state index in [2.05, 4.69) is 5.32 Å². The molecule has 2 atom stereocenters. The summed E-state index contributed by atoms with van der Waals surface area (Å²) in [6.45, 7) is 3.54. The lowest BCUT2D eigenvalue weighted by atomic mass is 9.84. The van der Waals surface area contributed by atoms with Crippen molar-refractivity contribution in [2.24, 2.45) is 5.41 Å². The van der Waals surface area contributed by atoms with E-state index >= 15 is 0 Å². The molecule has 2 rings (SSSR count). The van der Waals surface area contributed by atoms with E-state index in [0.29, 0.717) is 18.5 Å². The van der Waals surface area contributed by atoms with Gasteiger partial charge in [0.05, 0.1) is 10.3 Å². The van der Waals surface area contributed by atoms with Crippen LogP contribution in [-0.2, 0) is 4.79 Å². The number of carboxylic acid groups (broad SMARTS) is 1. The molecule has 2 unspecified atom stereocenters. The molecule has 1 aliphatic rings. The van der Waals surface area contributed by atoms with Gasteiger partial charge in [-0.05, 0) is 38.3 Å². The molecule has 0 aromatic heterocycles. The smallest absolute Gasteiger partial charge is 0.311 e. The van der Waals surface area contributed by atoms with Crippen LogP contribution in [0.2, 0.25) is 0 Å². The standard InChI is InChI=1S/C14H18N2O4/c1-9-5-6-11(16(19)20)10(8-9)15-12-4-3-7-14(12,2)13(17)18/h5-6,8,12,15H,3-4,7H2,1-2H3,(H,17,18). The van der Waals surface area contributed by atoms with Crippen molar-refractivity contribution < 1.29 is 14.8 Å².